The van der Waals surface area contributed by atoms with Crippen LogP contribution in [0.4, 0.5) is 17.5 Å². The highest BCUT2D eigenvalue weighted by Crippen LogP contribution is 2.21. The first-order chi connectivity index (χ1) is 14.1. The van der Waals surface area contributed by atoms with Crippen molar-refractivity contribution < 1.29 is 14.3 Å². The number of nitrogens with zero attached hydrogens (tertiary/aromatic N) is 2. The number of anilines is 3. The zero-order chi connectivity index (χ0) is 20.6. The molecular weight excluding hydrogens is 368 g/mol. The Balaban J connectivity index is 1.69. The Labute approximate surface area is 170 Å². The summed E-state index contributed by atoms with van der Waals surface area (Å²) in [5.41, 5.74) is 3.04. The molecule has 7 nitrogen and oxygen atoms in total. The second-order valence-electron chi connectivity index (χ2n) is 6.41. The third-order valence-corrected chi connectivity index (χ3v) is 4.28. The van der Waals surface area contributed by atoms with E-state index >= 15 is 0 Å². The molecule has 0 fully saturated rings. The first-order valence-corrected chi connectivity index (χ1v) is 9.26. The smallest absolute Gasteiger partial charge is 0.339 e. The second-order valence-corrected chi connectivity index (χ2v) is 6.41. The number of ether oxygens (including phenoxy) is 2. The van der Waals surface area contributed by atoms with E-state index in [1.165, 1.54) is 7.11 Å². The molecule has 0 aliphatic heterocycles. The van der Waals surface area contributed by atoms with Crippen molar-refractivity contribution in [3.05, 3.63) is 71.4 Å². The highest BCUT2D eigenvalue weighted by molar-refractivity contribution is 5.96. The molecule has 0 bridgehead atoms. The maximum Gasteiger partial charge on any atom is 0.339 e. The molecule has 0 aliphatic carbocycles. The summed E-state index contributed by atoms with van der Waals surface area (Å²) in [6, 6.07) is 16.9. The fourth-order valence-corrected chi connectivity index (χ4v) is 2.88. The van der Waals surface area contributed by atoms with Crippen molar-refractivity contribution >= 4 is 23.4 Å². The minimum absolute atomic E-state index is 0.407. The quantitative estimate of drug-likeness (QED) is 0.561. The van der Waals surface area contributed by atoms with Crippen LogP contribution in [-0.4, -0.2) is 36.7 Å². The number of hydrogen-bond acceptors (Lipinski definition) is 7. The van der Waals surface area contributed by atoms with Crippen LogP contribution < -0.4 is 15.4 Å². The fourth-order valence-electron chi connectivity index (χ4n) is 2.88. The van der Waals surface area contributed by atoms with Crippen molar-refractivity contribution in [1.29, 1.82) is 0 Å². The largest absolute Gasteiger partial charge is 0.497 e. The van der Waals surface area contributed by atoms with Gasteiger partial charge in [-0.15, -0.1) is 0 Å². The molecule has 3 rings (SSSR count). The van der Waals surface area contributed by atoms with Gasteiger partial charge in [0.05, 0.1) is 25.5 Å². The lowest BCUT2D eigenvalue weighted by Crippen LogP contribution is -2.10. The number of carbonyl (C=O) groups is 1. The van der Waals surface area contributed by atoms with Gasteiger partial charge < -0.3 is 20.1 Å². The van der Waals surface area contributed by atoms with Gasteiger partial charge in [0.2, 0.25) is 5.95 Å². The van der Waals surface area contributed by atoms with Gasteiger partial charge in [-0.2, -0.15) is 4.98 Å². The molecule has 0 atom stereocenters. The molecule has 0 radical (unpaired) electrons. The van der Waals surface area contributed by atoms with E-state index in [2.05, 4.69) is 26.7 Å². The number of methoxy groups -OCH3 is 2. The fraction of sp³-hybridized carbons (Fsp3) is 0.227. The van der Waals surface area contributed by atoms with Gasteiger partial charge in [0, 0.05) is 18.3 Å². The molecule has 1 heterocycles. The standard InChI is InChI=1S/C22H24N4O3/c1-15-13-20(25-19-10-5-4-9-18(19)21(27)29-3)26-22(24-15)23-12-11-16-7-6-8-17(14-16)28-2/h4-10,13-14H,11-12H2,1-3H3,(H2,23,24,25,26). The second kappa shape index (κ2) is 9.54. The lowest BCUT2D eigenvalue weighted by molar-refractivity contribution is 0.0602. The number of carbonyl (C=O) groups excluding carboxylic acids is 1. The summed E-state index contributed by atoms with van der Waals surface area (Å²) >= 11 is 0. The van der Waals surface area contributed by atoms with Crippen LogP contribution in [0.2, 0.25) is 0 Å². The zero-order valence-corrected chi connectivity index (χ0v) is 16.7. The van der Waals surface area contributed by atoms with Gasteiger partial charge >= 0.3 is 5.97 Å². The van der Waals surface area contributed by atoms with Crippen molar-refractivity contribution in [3.63, 3.8) is 0 Å². The summed E-state index contributed by atoms with van der Waals surface area (Å²) in [6.45, 7) is 2.57. The Morgan fingerprint density at radius 3 is 2.66 bits per heavy atom. The van der Waals surface area contributed by atoms with Gasteiger partial charge in [-0.1, -0.05) is 24.3 Å². The predicted octanol–water partition coefficient (Wildman–Crippen LogP) is 3.98. The van der Waals surface area contributed by atoms with E-state index in [0.29, 0.717) is 29.6 Å². The number of para-hydroxylation sites is 1. The van der Waals surface area contributed by atoms with Gasteiger partial charge in [-0.3, -0.25) is 0 Å². The van der Waals surface area contributed by atoms with Crippen LogP contribution in [0.3, 0.4) is 0 Å². The van der Waals surface area contributed by atoms with E-state index in [1.54, 1.807) is 25.3 Å². The third kappa shape index (κ3) is 5.44. The molecule has 0 saturated carbocycles. The van der Waals surface area contributed by atoms with Gasteiger partial charge in [0.1, 0.15) is 11.6 Å². The van der Waals surface area contributed by atoms with Crippen LogP contribution in [0.25, 0.3) is 0 Å². The van der Waals surface area contributed by atoms with Crippen LogP contribution in [0.1, 0.15) is 21.6 Å². The molecule has 29 heavy (non-hydrogen) atoms. The van der Waals surface area contributed by atoms with E-state index in [1.807, 2.05) is 37.3 Å². The summed E-state index contributed by atoms with van der Waals surface area (Å²) < 4.78 is 10.1. The van der Waals surface area contributed by atoms with E-state index < -0.39 is 5.97 Å². The number of hydrogen-bond donors (Lipinski definition) is 2. The third-order valence-electron chi connectivity index (χ3n) is 4.28. The van der Waals surface area contributed by atoms with Crippen LogP contribution in [0.15, 0.2) is 54.6 Å². The number of benzene rings is 2. The molecule has 150 valence electrons. The average Bonchev–Trinajstić information content (AvgIpc) is 2.73. The molecule has 0 unspecified atom stereocenters. The molecule has 2 N–H and O–H groups in total. The van der Waals surface area contributed by atoms with Crippen molar-refractivity contribution in [2.24, 2.45) is 0 Å². The van der Waals surface area contributed by atoms with Crippen LogP contribution in [0.5, 0.6) is 5.75 Å². The Hall–Kier alpha value is -3.61. The summed E-state index contributed by atoms with van der Waals surface area (Å²) in [7, 11) is 3.02. The number of esters is 1. The molecule has 2 aromatic carbocycles. The summed E-state index contributed by atoms with van der Waals surface area (Å²) in [6.07, 6.45) is 0.808. The maximum absolute atomic E-state index is 12.0. The number of rotatable bonds is 8. The first kappa shape index (κ1) is 20.1. The number of aromatic nitrogens is 2. The predicted molar refractivity (Wildman–Crippen MR) is 113 cm³/mol. The van der Waals surface area contributed by atoms with E-state index in [9.17, 15) is 4.79 Å². The SMILES string of the molecule is COC(=O)c1ccccc1Nc1cc(C)nc(NCCc2cccc(OC)c2)n1. The highest BCUT2D eigenvalue weighted by Gasteiger charge is 2.12. The first-order valence-electron chi connectivity index (χ1n) is 9.26. The number of nitrogens with one attached hydrogen (secondary N) is 2. The Morgan fingerprint density at radius 2 is 1.86 bits per heavy atom. The minimum Gasteiger partial charge on any atom is -0.497 e. The molecule has 3 aromatic rings. The molecule has 1 aromatic heterocycles. The van der Waals surface area contributed by atoms with Crippen LogP contribution in [-0.2, 0) is 11.2 Å². The molecule has 0 spiro atoms. The topological polar surface area (TPSA) is 85.4 Å². The van der Waals surface area contributed by atoms with Gasteiger partial charge in [-0.25, -0.2) is 9.78 Å². The minimum atomic E-state index is -0.407. The average molecular weight is 392 g/mol. The van der Waals surface area contributed by atoms with E-state index in [-0.39, 0.29) is 0 Å². The highest BCUT2D eigenvalue weighted by atomic mass is 16.5. The Kier molecular flexibility index (Phi) is 6.63. The Bertz CT molecular complexity index is 991. The lowest BCUT2D eigenvalue weighted by Gasteiger charge is -2.12. The van der Waals surface area contributed by atoms with E-state index in [0.717, 1.165) is 23.4 Å². The summed E-state index contributed by atoms with van der Waals surface area (Å²) in [5.74, 6) is 1.55. The van der Waals surface area contributed by atoms with Crippen LogP contribution >= 0.6 is 0 Å². The van der Waals surface area contributed by atoms with Gasteiger partial charge in [0.25, 0.3) is 0 Å². The Morgan fingerprint density at radius 1 is 1.03 bits per heavy atom. The van der Waals surface area contributed by atoms with Crippen LogP contribution in [0, 0.1) is 6.92 Å². The van der Waals surface area contributed by atoms with Crippen molar-refractivity contribution in [3.8, 4) is 5.75 Å². The van der Waals surface area contributed by atoms with Gasteiger partial charge in [0.15, 0.2) is 0 Å². The maximum atomic E-state index is 12.0. The van der Waals surface area contributed by atoms with Crippen molar-refractivity contribution in [2.45, 2.75) is 13.3 Å². The molecule has 0 aliphatic rings. The van der Waals surface area contributed by atoms with Gasteiger partial charge in [-0.05, 0) is 43.2 Å². The normalized spacial score (nSPS) is 10.3. The molecule has 7 heteroatoms. The summed E-state index contributed by atoms with van der Waals surface area (Å²) in [5, 5.41) is 6.44. The van der Waals surface area contributed by atoms with Crippen molar-refractivity contribution in [2.75, 3.05) is 31.4 Å². The lowest BCUT2D eigenvalue weighted by atomic mass is 10.1. The molecular formula is C22H24N4O3. The molecule has 0 amide bonds. The van der Waals surface area contributed by atoms with E-state index in [4.69, 9.17) is 9.47 Å². The monoisotopic (exact) mass is 392 g/mol. The van der Waals surface area contributed by atoms with Crippen molar-refractivity contribution in [1.82, 2.24) is 9.97 Å². The summed E-state index contributed by atoms with van der Waals surface area (Å²) in [4.78, 5) is 20.9. The molecule has 0 saturated heterocycles. The number of aryl methyl sites for hydroxylation is 1. The zero-order valence-electron chi connectivity index (χ0n) is 16.7.